The van der Waals surface area contributed by atoms with Crippen molar-refractivity contribution >= 4 is 11.9 Å². The molecule has 18 heavy (non-hydrogen) atoms. The highest BCUT2D eigenvalue weighted by Crippen LogP contribution is 2.21. The van der Waals surface area contributed by atoms with E-state index >= 15 is 0 Å². The Morgan fingerprint density at radius 1 is 1.11 bits per heavy atom. The maximum atomic E-state index is 12.1. The third kappa shape index (κ3) is 3.45. The minimum Gasteiger partial charge on any atom is -0.481 e. The summed E-state index contributed by atoms with van der Waals surface area (Å²) in [6.45, 7) is 3.25. The van der Waals surface area contributed by atoms with Gasteiger partial charge in [-0.05, 0) is 44.7 Å². The SMILES string of the molecule is O=C(O)C1CCN(C(=O)CC2CCNCC2)CC1. The van der Waals surface area contributed by atoms with E-state index in [9.17, 15) is 9.59 Å². The monoisotopic (exact) mass is 254 g/mol. The van der Waals surface area contributed by atoms with Gasteiger partial charge in [0, 0.05) is 19.5 Å². The van der Waals surface area contributed by atoms with Crippen molar-refractivity contribution in [1.29, 1.82) is 0 Å². The molecule has 0 aromatic heterocycles. The summed E-state index contributed by atoms with van der Waals surface area (Å²) >= 11 is 0. The molecule has 0 aromatic carbocycles. The molecule has 1 amide bonds. The predicted octanol–water partition coefficient (Wildman–Crippen LogP) is 0.699. The average Bonchev–Trinajstić information content (AvgIpc) is 2.40. The van der Waals surface area contributed by atoms with E-state index in [4.69, 9.17) is 5.11 Å². The van der Waals surface area contributed by atoms with Gasteiger partial charge in [0.1, 0.15) is 0 Å². The molecule has 5 heteroatoms. The molecule has 2 saturated heterocycles. The van der Waals surface area contributed by atoms with Crippen molar-refractivity contribution < 1.29 is 14.7 Å². The lowest BCUT2D eigenvalue weighted by Crippen LogP contribution is -2.41. The van der Waals surface area contributed by atoms with Crippen LogP contribution in [0.1, 0.15) is 32.1 Å². The van der Waals surface area contributed by atoms with Crippen LogP contribution < -0.4 is 5.32 Å². The number of carbonyl (C=O) groups excluding carboxylic acids is 1. The van der Waals surface area contributed by atoms with E-state index in [0.29, 0.717) is 38.3 Å². The molecule has 5 nitrogen and oxygen atoms in total. The third-order valence-corrected chi connectivity index (χ3v) is 4.12. The van der Waals surface area contributed by atoms with Crippen molar-refractivity contribution in [3.8, 4) is 0 Å². The number of likely N-dealkylation sites (tertiary alicyclic amines) is 1. The van der Waals surface area contributed by atoms with Crippen molar-refractivity contribution in [1.82, 2.24) is 10.2 Å². The molecule has 0 radical (unpaired) electrons. The number of carboxylic acid groups (broad SMARTS) is 1. The minimum atomic E-state index is -0.722. The lowest BCUT2D eigenvalue weighted by atomic mass is 9.92. The number of carboxylic acids is 1. The van der Waals surface area contributed by atoms with Crippen LogP contribution in [0.5, 0.6) is 0 Å². The summed E-state index contributed by atoms with van der Waals surface area (Å²) in [4.78, 5) is 24.8. The van der Waals surface area contributed by atoms with Gasteiger partial charge in [0.15, 0.2) is 0 Å². The second-order valence-electron chi connectivity index (χ2n) is 5.39. The number of hydrogen-bond acceptors (Lipinski definition) is 3. The topological polar surface area (TPSA) is 69.6 Å². The second-order valence-corrected chi connectivity index (χ2v) is 5.39. The number of hydrogen-bond donors (Lipinski definition) is 2. The molecule has 0 bridgehead atoms. The van der Waals surface area contributed by atoms with E-state index in [2.05, 4.69) is 5.32 Å². The summed E-state index contributed by atoms with van der Waals surface area (Å²) in [5.74, 6) is -0.255. The highest BCUT2D eigenvalue weighted by molar-refractivity contribution is 5.77. The van der Waals surface area contributed by atoms with Crippen LogP contribution in [0.25, 0.3) is 0 Å². The first-order valence-electron chi connectivity index (χ1n) is 6.88. The van der Waals surface area contributed by atoms with Gasteiger partial charge in [-0.3, -0.25) is 9.59 Å². The molecule has 2 rings (SSSR count). The van der Waals surface area contributed by atoms with E-state index < -0.39 is 5.97 Å². The Kier molecular flexibility index (Phi) is 4.58. The molecule has 0 spiro atoms. The number of aliphatic carboxylic acids is 1. The number of nitrogens with one attached hydrogen (secondary N) is 1. The van der Waals surface area contributed by atoms with Crippen LogP contribution in [0.3, 0.4) is 0 Å². The van der Waals surface area contributed by atoms with Gasteiger partial charge < -0.3 is 15.3 Å². The molecule has 102 valence electrons. The zero-order valence-corrected chi connectivity index (χ0v) is 10.7. The van der Waals surface area contributed by atoms with E-state index in [0.717, 1.165) is 25.9 Å². The fraction of sp³-hybridized carbons (Fsp3) is 0.846. The Bertz CT molecular complexity index is 305. The summed E-state index contributed by atoms with van der Waals surface area (Å²) in [6, 6.07) is 0. The smallest absolute Gasteiger partial charge is 0.306 e. The molecular weight excluding hydrogens is 232 g/mol. The van der Waals surface area contributed by atoms with Gasteiger partial charge in [-0.1, -0.05) is 0 Å². The lowest BCUT2D eigenvalue weighted by molar-refractivity contribution is -0.146. The molecule has 2 aliphatic heterocycles. The maximum absolute atomic E-state index is 12.1. The number of piperidine rings is 2. The standard InChI is InChI=1S/C13H22N2O3/c16-12(9-10-1-5-14-6-2-10)15-7-3-11(4-8-15)13(17)18/h10-11,14H,1-9H2,(H,17,18). The van der Waals surface area contributed by atoms with Gasteiger partial charge in [-0.2, -0.15) is 0 Å². The minimum absolute atomic E-state index is 0.214. The number of amides is 1. The first-order valence-corrected chi connectivity index (χ1v) is 6.88. The molecule has 0 aliphatic carbocycles. The lowest BCUT2D eigenvalue weighted by Gasteiger charge is -2.32. The maximum Gasteiger partial charge on any atom is 0.306 e. The molecule has 0 unspecified atom stereocenters. The summed E-state index contributed by atoms with van der Waals surface area (Å²) < 4.78 is 0. The fourth-order valence-electron chi connectivity index (χ4n) is 2.84. The molecule has 2 heterocycles. The normalized spacial score (nSPS) is 23.0. The highest BCUT2D eigenvalue weighted by Gasteiger charge is 2.28. The third-order valence-electron chi connectivity index (χ3n) is 4.12. The average molecular weight is 254 g/mol. The Hall–Kier alpha value is -1.10. The van der Waals surface area contributed by atoms with Crippen molar-refractivity contribution in [3.05, 3.63) is 0 Å². The number of nitrogens with zero attached hydrogens (tertiary/aromatic N) is 1. The molecule has 0 atom stereocenters. The highest BCUT2D eigenvalue weighted by atomic mass is 16.4. The van der Waals surface area contributed by atoms with Gasteiger partial charge in [0.25, 0.3) is 0 Å². The van der Waals surface area contributed by atoms with Crippen molar-refractivity contribution in [2.75, 3.05) is 26.2 Å². The van der Waals surface area contributed by atoms with E-state index in [1.165, 1.54) is 0 Å². The predicted molar refractivity (Wildman–Crippen MR) is 67.2 cm³/mol. The molecule has 2 N–H and O–H groups in total. The van der Waals surface area contributed by atoms with Crippen LogP contribution in [0.2, 0.25) is 0 Å². The van der Waals surface area contributed by atoms with Crippen LogP contribution in [0.15, 0.2) is 0 Å². The summed E-state index contributed by atoms with van der Waals surface area (Å²) in [5, 5.41) is 12.2. The molecule has 0 saturated carbocycles. The van der Waals surface area contributed by atoms with Gasteiger partial charge in [0.05, 0.1) is 5.92 Å². The molecule has 0 aromatic rings. The quantitative estimate of drug-likeness (QED) is 0.778. The zero-order chi connectivity index (χ0) is 13.0. The van der Waals surface area contributed by atoms with Crippen molar-refractivity contribution in [2.45, 2.75) is 32.1 Å². The number of carbonyl (C=O) groups is 2. The first-order chi connectivity index (χ1) is 8.66. The Labute approximate surface area is 108 Å². The van der Waals surface area contributed by atoms with Crippen LogP contribution >= 0.6 is 0 Å². The Morgan fingerprint density at radius 2 is 1.72 bits per heavy atom. The first kappa shape index (κ1) is 13.3. The molecule has 2 aliphatic rings. The van der Waals surface area contributed by atoms with E-state index in [1.807, 2.05) is 4.90 Å². The van der Waals surface area contributed by atoms with Gasteiger partial charge in [-0.15, -0.1) is 0 Å². The Morgan fingerprint density at radius 3 is 2.28 bits per heavy atom. The molecular formula is C13H22N2O3. The largest absolute Gasteiger partial charge is 0.481 e. The van der Waals surface area contributed by atoms with Crippen LogP contribution in [0, 0.1) is 11.8 Å². The summed E-state index contributed by atoms with van der Waals surface area (Å²) in [5.41, 5.74) is 0. The number of rotatable bonds is 3. The van der Waals surface area contributed by atoms with E-state index in [-0.39, 0.29) is 11.8 Å². The van der Waals surface area contributed by atoms with Crippen molar-refractivity contribution in [3.63, 3.8) is 0 Å². The van der Waals surface area contributed by atoms with Crippen LogP contribution in [-0.4, -0.2) is 48.1 Å². The fourth-order valence-corrected chi connectivity index (χ4v) is 2.84. The Balaban J connectivity index is 1.75. The van der Waals surface area contributed by atoms with Gasteiger partial charge >= 0.3 is 5.97 Å². The van der Waals surface area contributed by atoms with Crippen LogP contribution in [0.4, 0.5) is 0 Å². The van der Waals surface area contributed by atoms with Crippen LogP contribution in [-0.2, 0) is 9.59 Å². The zero-order valence-electron chi connectivity index (χ0n) is 10.7. The summed E-state index contributed by atoms with van der Waals surface area (Å²) in [6.07, 6.45) is 4.01. The summed E-state index contributed by atoms with van der Waals surface area (Å²) in [7, 11) is 0. The van der Waals surface area contributed by atoms with Crippen molar-refractivity contribution in [2.24, 2.45) is 11.8 Å². The second kappa shape index (κ2) is 6.18. The molecule has 2 fully saturated rings. The van der Waals surface area contributed by atoms with E-state index in [1.54, 1.807) is 0 Å². The van der Waals surface area contributed by atoms with Gasteiger partial charge in [0.2, 0.25) is 5.91 Å². The van der Waals surface area contributed by atoms with Gasteiger partial charge in [-0.25, -0.2) is 0 Å².